The Kier molecular flexibility index (Phi) is 4.63. The Morgan fingerprint density at radius 3 is 2.77 bits per heavy atom. The molecule has 0 aliphatic carbocycles. The van der Waals surface area contributed by atoms with Gasteiger partial charge in [0.2, 0.25) is 5.56 Å². The fourth-order valence-electron chi connectivity index (χ4n) is 2.67. The van der Waals surface area contributed by atoms with Crippen molar-refractivity contribution in [3.05, 3.63) is 70.1 Å². The van der Waals surface area contributed by atoms with Crippen molar-refractivity contribution >= 4 is 17.7 Å². The Bertz CT molecular complexity index is 699. The molecule has 1 saturated heterocycles. The Morgan fingerprint density at radius 1 is 1.18 bits per heavy atom. The largest absolute Gasteiger partial charge is 0.338 e. The minimum Gasteiger partial charge on any atom is -0.338 e. The number of thioether (sulfide) groups is 1. The van der Waals surface area contributed by atoms with E-state index in [1.807, 2.05) is 22.7 Å². The molecule has 1 amide bonds. The summed E-state index contributed by atoms with van der Waals surface area (Å²) in [6.07, 6.45) is 2.46. The highest BCUT2D eigenvalue weighted by Crippen LogP contribution is 2.34. The number of rotatable bonds is 2. The second kappa shape index (κ2) is 6.83. The summed E-state index contributed by atoms with van der Waals surface area (Å²) in [6.45, 7) is 1.44. The van der Waals surface area contributed by atoms with E-state index in [0.717, 1.165) is 25.3 Å². The number of amides is 1. The number of aromatic nitrogens is 1. The van der Waals surface area contributed by atoms with Crippen molar-refractivity contribution in [2.75, 3.05) is 18.8 Å². The third-order valence-corrected chi connectivity index (χ3v) is 5.15. The number of hydrogen-bond donors (Lipinski definition) is 1. The summed E-state index contributed by atoms with van der Waals surface area (Å²) in [4.78, 5) is 28.3. The topological polar surface area (TPSA) is 53.2 Å². The number of aromatic amines is 1. The van der Waals surface area contributed by atoms with Gasteiger partial charge in [0.15, 0.2) is 0 Å². The molecule has 1 N–H and O–H groups in total. The molecule has 5 heteroatoms. The van der Waals surface area contributed by atoms with E-state index in [1.165, 1.54) is 17.8 Å². The SMILES string of the molecule is O=C(c1cc[nH]c(=O)c1)N1CCS[C@@H](c2ccccc2)CC1. The summed E-state index contributed by atoms with van der Waals surface area (Å²) < 4.78 is 0. The van der Waals surface area contributed by atoms with Gasteiger partial charge in [-0.15, -0.1) is 0 Å². The summed E-state index contributed by atoms with van der Waals surface area (Å²) in [7, 11) is 0. The van der Waals surface area contributed by atoms with Crippen molar-refractivity contribution in [1.29, 1.82) is 0 Å². The minimum atomic E-state index is -0.239. The van der Waals surface area contributed by atoms with Gasteiger partial charge in [-0.05, 0) is 18.1 Å². The van der Waals surface area contributed by atoms with Crippen molar-refractivity contribution in [2.24, 2.45) is 0 Å². The molecule has 0 spiro atoms. The van der Waals surface area contributed by atoms with Gasteiger partial charge in [0.05, 0.1) is 0 Å². The van der Waals surface area contributed by atoms with Crippen molar-refractivity contribution in [3.8, 4) is 0 Å². The zero-order valence-electron chi connectivity index (χ0n) is 12.2. The third-order valence-electron chi connectivity index (χ3n) is 3.82. The minimum absolute atomic E-state index is 0.0552. The Balaban J connectivity index is 1.70. The summed E-state index contributed by atoms with van der Waals surface area (Å²) >= 11 is 1.89. The Morgan fingerprint density at radius 2 is 2.00 bits per heavy atom. The first-order valence-electron chi connectivity index (χ1n) is 7.38. The Labute approximate surface area is 133 Å². The maximum absolute atomic E-state index is 12.5. The molecule has 0 unspecified atom stereocenters. The van der Waals surface area contributed by atoms with Crippen LogP contribution in [-0.4, -0.2) is 34.6 Å². The van der Waals surface area contributed by atoms with Gasteiger partial charge in [0.1, 0.15) is 0 Å². The van der Waals surface area contributed by atoms with Crippen LogP contribution in [0.4, 0.5) is 0 Å². The van der Waals surface area contributed by atoms with Gasteiger partial charge in [-0.1, -0.05) is 30.3 Å². The van der Waals surface area contributed by atoms with Crippen LogP contribution < -0.4 is 5.56 Å². The molecule has 2 heterocycles. The molecule has 2 aromatic rings. The van der Waals surface area contributed by atoms with Crippen LogP contribution in [0.3, 0.4) is 0 Å². The number of hydrogen-bond acceptors (Lipinski definition) is 3. The number of H-pyrrole nitrogens is 1. The average Bonchev–Trinajstić information content (AvgIpc) is 2.81. The second-order valence-corrected chi connectivity index (χ2v) is 6.60. The van der Waals surface area contributed by atoms with Gasteiger partial charge in [-0.2, -0.15) is 11.8 Å². The van der Waals surface area contributed by atoms with E-state index < -0.39 is 0 Å². The second-order valence-electron chi connectivity index (χ2n) is 5.29. The summed E-state index contributed by atoms with van der Waals surface area (Å²) in [5.41, 5.74) is 1.54. The van der Waals surface area contributed by atoms with Crippen LogP contribution in [0.2, 0.25) is 0 Å². The molecule has 22 heavy (non-hydrogen) atoms. The summed E-state index contributed by atoms with van der Waals surface area (Å²) in [5, 5.41) is 0.429. The highest BCUT2D eigenvalue weighted by Gasteiger charge is 2.22. The zero-order valence-corrected chi connectivity index (χ0v) is 13.0. The van der Waals surface area contributed by atoms with E-state index in [9.17, 15) is 9.59 Å². The van der Waals surface area contributed by atoms with Gasteiger partial charge < -0.3 is 9.88 Å². The van der Waals surface area contributed by atoms with Crippen LogP contribution in [0.1, 0.15) is 27.6 Å². The number of nitrogens with one attached hydrogen (secondary N) is 1. The molecule has 3 rings (SSSR count). The van der Waals surface area contributed by atoms with Gasteiger partial charge in [-0.3, -0.25) is 9.59 Å². The number of carbonyl (C=O) groups excluding carboxylic acids is 1. The van der Waals surface area contributed by atoms with Gasteiger partial charge in [0, 0.05) is 41.9 Å². The molecule has 1 aromatic heterocycles. The molecule has 1 aromatic carbocycles. The van der Waals surface area contributed by atoms with Crippen LogP contribution in [0.15, 0.2) is 53.5 Å². The van der Waals surface area contributed by atoms with Crippen molar-refractivity contribution in [3.63, 3.8) is 0 Å². The highest BCUT2D eigenvalue weighted by atomic mass is 32.2. The van der Waals surface area contributed by atoms with E-state index in [2.05, 4.69) is 29.2 Å². The number of nitrogens with zero attached hydrogens (tertiary/aromatic N) is 1. The smallest absolute Gasteiger partial charge is 0.254 e. The first kappa shape index (κ1) is 14.9. The average molecular weight is 314 g/mol. The Hall–Kier alpha value is -2.01. The molecule has 0 saturated carbocycles. The fourth-order valence-corrected chi connectivity index (χ4v) is 3.90. The number of benzene rings is 1. The van der Waals surface area contributed by atoms with Gasteiger partial charge in [-0.25, -0.2) is 0 Å². The van der Waals surface area contributed by atoms with Crippen molar-refractivity contribution < 1.29 is 4.79 Å². The maximum atomic E-state index is 12.5. The van der Waals surface area contributed by atoms with E-state index >= 15 is 0 Å². The molecule has 0 bridgehead atoms. The number of carbonyl (C=O) groups is 1. The van der Waals surface area contributed by atoms with E-state index in [4.69, 9.17) is 0 Å². The lowest BCUT2D eigenvalue weighted by atomic mass is 10.1. The van der Waals surface area contributed by atoms with Crippen LogP contribution in [0, 0.1) is 0 Å². The first-order chi connectivity index (χ1) is 10.7. The lowest BCUT2D eigenvalue weighted by Gasteiger charge is -2.20. The van der Waals surface area contributed by atoms with E-state index in [0.29, 0.717) is 10.8 Å². The normalized spacial score (nSPS) is 18.7. The molecule has 1 aliphatic heterocycles. The third kappa shape index (κ3) is 3.42. The molecule has 1 fully saturated rings. The standard InChI is InChI=1S/C17H18N2O2S/c20-16-12-14(6-8-18-16)17(21)19-9-7-15(22-11-10-19)13-4-2-1-3-5-13/h1-6,8,12,15H,7,9-11H2,(H,18,20)/t15-/m1/s1. The van der Waals surface area contributed by atoms with E-state index in [-0.39, 0.29) is 11.5 Å². The van der Waals surface area contributed by atoms with Gasteiger partial charge in [0.25, 0.3) is 5.91 Å². The van der Waals surface area contributed by atoms with E-state index in [1.54, 1.807) is 6.07 Å². The first-order valence-corrected chi connectivity index (χ1v) is 8.43. The fraction of sp³-hybridized carbons (Fsp3) is 0.294. The summed E-state index contributed by atoms with van der Waals surface area (Å²) in [5.74, 6) is 0.856. The van der Waals surface area contributed by atoms with Gasteiger partial charge >= 0.3 is 0 Å². The molecular formula is C17H18N2O2S. The lowest BCUT2D eigenvalue weighted by molar-refractivity contribution is 0.0766. The molecule has 1 atom stereocenters. The summed E-state index contributed by atoms with van der Waals surface area (Å²) in [6, 6.07) is 13.5. The lowest BCUT2D eigenvalue weighted by Crippen LogP contribution is -2.33. The molecule has 0 radical (unpaired) electrons. The maximum Gasteiger partial charge on any atom is 0.254 e. The van der Waals surface area contributed by atoms with Crippen LogP contribution in [-0.2, 0) is 0 Å². The quantitative estimate of drug-likeness (QED) is 0.927. The molecule has 114 valence electrons. The van der Waals surface area contributed by atoms with Crippen molar-refractivity contribution in [1.82, 2.24) is 9.88 Å². The molecule has 4 nitrogen and oxygen atoms in total. The van der Waals surface area contributed by atoms with Crippen LogP contribution in [0.25, 0.3) is 0 Å². The van der Waals surface area contributed by atoms with Crippen molar-refractivity contribution in [2.45, 2.75) is 11.7 Å². The zero-order chi connectivity index (χ0) is 15.4. The monoisotopic (exact) mass is 314 g/mol. The van der Waals surface area contributed by atoms with Crippen LogP contribution >= 0.6 is 11.8 Å². The predicted molar refractivity (Wildman–Crippen MR) is 89.2 cm³/mol. The number of pyridine rings is 1. The van der Waals surface area contributed by atoms with Crippen LogP contribution in [0.5, 0.6) is 0 Å². The highest BCUT2D eigenvalue weighted by molar-refractivity contribution is 7.99. The molecular weight excluding hydrogens is 296 g/mol. The molecule has 1 aliphatic rings. The predicted octanol–water partition coefficient (Wildman–Crippen LogP) is 2.70.